The SMILES string of the molecule is Fc1cccc(-c2nccc3[nH]c(-c4n[nH]c5cnc(C6=CCN=CC(CCCN7CCCC7)=C6)cc45)nc23)c1. The quantitative estimate of drug-likeness (QED) is 0.269. The summed E-state index contributed by atoms with van der Waals surface area (Å²) in [5, 5.41) is 8.58. The van der Waals surface area contributed by atoms with Crippen molar-refractivity contribution in [2.45, 2.75) is 25.7 Å². The van der Waals surface area contributed by atoms with Crippen LogP contribution in [0.5, 0.6) is 0 Å². The number of fused-ring (bicyclic) bond motifs is 2. The standard InChI is InChI=1S/C31H29FN8/c32-23-7-3-6-22(16-23)28-30-25(9-11-34-28)36-31(37-30)29-24-17-26(35-19-27(24)38-39-29)21-8-10-33-18-20(15-21)5-4-14-40-12-1-2-13-40/h3,6-9,11,15-19H,1-2,4-5,10,12-14H2,(H,36,37)(H,38,39). The van der Waals surface area contributed by atoms with Crippen molar-refractivity contribution in [1.29, 1.82) is 0 Å². The Balaban J connectivity index is 1.20. The topological polar surface area (TPSA) is 98.7 Å². The minimum atomic E-state index is -0.313. The van der Waals surface area contributed by atoms with Crippen LogP contribution in [0.15, 0.2) is 71.5 Å². The van der Waals surface area contributed by atoms with Crippen LogP contribution in [0.3, 0.4) is 0 Å². The van der Waals surface area contributed by atoms with Crippen molar-refractivity contribution >= 4 is 33.7 Å². The van der Waals surface area contributed by atoms with Gasteiger partial charge in [0.15, 0.2) is 5.82 Å². The molecule has 2 N–H and O–H groups in total. The van der Waals surface area contributed by atoms with Gasteiger partial charge >= 0.3 is 0 Å². The zero-order chi connectivity index (χ0) is 26.9. The molecular weight excluding hydrogens is 503 g/mol. The number of aromatic amines is 2. The number of hydrogen-bond acceptors (Lipinski definition) is 6. The number of likely N-dealkylation sites (tertiary alicyclic amines) is 1. The molecule has 0 unspecified atom stereocenters. The van der Waals surface area contributed by atoms with E-state index in [2.05, 4.69) is 48.3 Å². The molecule has 1 fully saturated rings. The zero-order valence-corrected chi connectivity index (χ0v) is 22.1. The summed E-state index contributed by atoms with van der Waals surface area (Å²) in [4.78, 5) is 24.6. The van der Waals surface area contributed by atoms with Crippen LogP contribution >= 0.6 is 0 Å². The largest absolute Gasteiger partial charge is 0.336 e. The minimum Gasteiger partial charge on any atom is -0.336 e. The van der Waals surface area contributed by atoms with Gasteiger partial charge in [0.05, 0.1) is 35.2 Å². The molecule has 0 spiro atoms. The molecule has 7 rings (SSSR count). The van der Waals surface area contributed by atoms with Crippen molar-refractivity contribution < 1.29 is 4.39 Å². The molecule has 0 atom stereocenters. The van der Waals surface area contributed by atoms with Gasteiger partial charge in [0, 0.05) is 23.4 Å². The molecule has 5 aromatic rings. The lowest BCUT2D eigenvalue weighted by Crippen LogP contribution is -2.20. The Morgan fingerprint density at radius 1 is 1.00 bits per heavy atom. The fourth-order valence-electron chi connectivity index (χ4n) is 5.59. The second kappa shape index (κ2) is 10.6. The van der Waals surface area contributed by atoms with Crippen LogP contribution in [0.2, 0.25) is 0 Å². The summed E-state index contributed by atoms with van der Waals surface area (Å²) in [6, 6.07) is 10.3. The first-order valence-corrected chi connectivity index (χ1v) is 13.8. The first-order valence-electron chi connectivity index (χ1n) is 13.8. The van der Waals surface area contributed by atoms with Crippen LogP contribution in [-0.2, 0) is 0 Å². The maximum Gasteiger partial charge on any atom is 0.159 e. The maximum absolute atomic E-state index is 13.9. The number of nitrogens with zero attached hydrogens (tertiary/aromatic N) is 6. The van der Waals surface area contributed by atoms with E-state index in [9.17, 15) is 4.39 Å². The average Bonchev–Trinajstić information content (AvgIpc) is 3.70. The van der Waals surface area contributed by atoms with E-state index in [1.54, 1.807) is 12.3 Å². The molecule has 4 aromatic heterocycles. The first kappa shape index (κ1) is 24.5. The number of imidazole rings is 1. The van der Waals surface area contributed by atoms with Crippen molar-refractivity contribution in [1.82, 2.24) is 35.0 Å². The van der Waals surface area contributed by atoms with Gasteiger partial charge in [-0.15, -0.1) is 0 Å². The van der Waals surface area contributed by atoms with Gasteiger partial charge < -0.3 is 9.88 Å². The number of allylic oxidation sites excluding steroid dienone is 3. The van der Waals surface area contributed by atoms with Gasteiger partial charge in [0.1, 0.15) is 17.0 Å². The molecule has 40 heavy (non-hydrogen) atoms. The van der Waals surface area contributed by atoms with E-state index in [0.717, 1.165) is 47.1 Å². The molecule has 0 radical (unpaired) electrons. The van der Waals surface area contributed by atoms with E-state index in [4.69, 9.17) is 9.97 Å². The van der Waals surface area contributed by atoms with Crippen molar-refractivity contribution in [3.05, 3.63) is 78.0 Å². The molecule has 0 aliphatic carbocycles. The zero-order valence-electron chi connectivity index (χ0n) is 22.1. The average molecular weight is 533 g/mol. The van der Waals surface area contributed by atoms with E-state index in [0.29, 0.717) is 34.8 Å². The van der Waals surface area contributed by atoms with Crippen molar-refractivity contribution in [2.24, 2.45) is 4.99 Å². The number of nitrogens with one attached hydrogen (secondary N) is 2. The van der Waals surface area contributed by atoms with Gasteiger partial charge in [-0.2, -0.15) is 5.10 Å². The van der Waals surface area contributed by atoms with E-state index < -0.39 is 0 Å². The molecule has 2 aliphatic heterocycles. The number of pyridine rings is 2. The predicted molar refractivity (Wildman–Crippen MR) is 156 cm³/mol. The predicted octanol–water partition coefficient (Wildman–Crippen LogP) is 5.97. The van der Waals surface area contributed by atoms with E-state index in [1.807, 2.05) is 24.5 Å². The Labute approximate surface area is 230 Å². The van der Waals surface area contributed by atoms with Crippen LogP contribution in [0.4, 0.5) is 4.39 Å². The highest BCUT2D eigenvalue weighted by Crippen LogP contribution is 2.31. The Bertz CT molecular complexity index is 1790. The second-order valence-corrected chi connectivity index (χ2v) is 10.4. The highest BCUT2D eigenvalue weighted by Gasteiger charge is 2.18. The number of aliphatic imine (C=N–C) groups is 1. The summed E-state index contributed by atoms with van der Waals surface area (Å²) in [5.41, 5.74) is 7.44. The van der Waals surface area contributed by atoms with Crippen molar-refractivity contribution in [3.8, 4) is 22.8 Å². The third-order valence-corrected chi connectivity index (χ3v) is 7.62. The summed E-state index contributed by atoms with van der Waals surface area (Å²) in [7, 11) is 0. The molecule has 2 aliphatic rings. The summed E-state index contributed by atoms with van der Waals surface area (Å²) < 4.78 is 13.9. The lowest BCUT2D eigenvalue weighted by atomic mass is 10.0. The summed E-state index contributed by atoms with van der Waals surface area (Å²) in [6.07, 6.45) is 14.6. The Hall–Kier alpha value is -4.50. The number of rotatable bonds is 7. The molecule has 8 nitrogen and oxygen atoms in total. The lowest BCUT2D eigenvalue weighted by molar-refractivity contribution is 0.334. The normalized spacial score (nSPS) is 16.0. The van der Waals surface area contributed by atoms with Crippen LogP contribution in [-0.4, -0.2) is 67.4 Å². The molecular formula is C31H29FN8. The van der Waals surface area contributed by atoms with Crippen molar-refractivity contribution in [2.75, 3.05) is 26.2 Å². The monoisotopic (exact) mass is 532 g/mol. The molecule has 6 heterocycles. The molecule has 1 saturated heterocycles. The van der Waals surface area contributed by atoms with Gasteiger partial charge in [0.2, 0.25) is 0 Å². The Kier molecular flexibility index (Phi) is 6.49. The number of aromatic nitrogens is 6. The van der Waals surface area contributed by atoms with Crippen molar-refractivity contribution in [3.63, 3.8) is 0 Å². The van der Waals surface area contributed by atoms with Crippen LogP contribution in [0.25, 0.3) is 50.3 Å². The van der Waals surface area contributed by atoms with Crippen LogP contribution in [0, 0.1) is 5.82 Å². The van der Waals surface area contributed by atoms with Gasteiger partial charge in [0.25, 0.3) is 0 Å². The minimum absolute atomic E-state index is 0.313. The number of benzene rings is 1. The van der Waals surface area contributed by atoms with Gasteiger partial charge in [-0.1, -0.05) is 18.2 Å². The number of halogens is 1. The van der Waals surface area contributed by atoms with Gasteiger partial charge in [-0.05, 0) is 86.8 Å². The molecule has 0 amide bonds. The molecule has 200 valence electrons. The number of H-pyrrole nitrogens is 2. The fraction of sp³-hybridized carbons (Fsp3) is 0.258. The molecule has 0 saturated carbocycles. The molecule has 9 heteroatoms. The van der Waals surface area contributed by atoms with Gasteiger partial charge in [-0.25, -0.2) is 9.37 Å². The summed E-state index contributed by atoms with van der Waals surface area (Å²) >= 11 is 0. The third kappa shape index (κ3) is 4.84. The smallest absolute Gasteiger partial charge is 0.159 e. The molecule has 0 bridgehead atoms. The summed E-state index contributed by atoms with van der Waals surface area (Å²) in [6.45, 7) is 4.21. The van der Waals surface area contributed by atoms with Gasteiger partial charge in [-0.3, -0.25) is 20.1 Å². The van der Waals surface area contributed by atoms with E-state index in [-0.39, 0.29) is 5.82 Å². The van der Waals surface area contributed by atoms with Crippen LogP contribution in [0.1, 0.15) is 31.4 Å². The maximum atomic E-state index is 13.9. The highest BCUT2D eigenvalue weighted by atomic mass is 19.1. The summed E-state index contributed by atoms with van der Waals surface area (Å²) in [5.74, 6) is 0.299. The number of hydrogen-bond donors (Lipinski definition) is 2. The Morgan fingerprint density at radius 3 is 2.83 bits per heavy atom. The second-order valence-electron chi connectivity index (χ2n) is 10.4. The van der Waals surface area contributed by atoms with E-state index >= 15 is 0 Å². The van der Waals surface area contributed by atoms with Crippen LogP contribution < -0.4 is 0 Å². The lowest BCUT2D eigenvalue weighted by Gasteiger charge is -2.14. The van der Waals surface area contributed by atoms with E-state index in [1.165, 1.54) is 43.6 Å². The Morgan fingerprint density at radius 2 is 1.93 bits per heavy atom. The molecule has 1 aromatic carbocycles. The highest BCUT2D eigenvalue weighted by molar-refractivity contribution is 5.97. The first-order chi connectivity index (χ1) is 19.7. The third-order valence-electron chi connectivity index (χ3n) is 7.62. The fourth-order valence-corrected chi connectivity index (χ4v) is 5.59.